The van der Waals surface area contributed by atoms with Gasteiger partial charge >= 0.3 is 0 Å². The standard InChI is InChI=1S/C22H19N3O2S2/c1-26-19-10-5-9-17(21(19)27-14-16-7-3-2-4-8-16)13-23-25-22-24-18(15-29-22)20-11-6-12-28-20/h2-13,15H,14H2,1H3,(H,24,25)/b23-13-. The Kier molecular flexibility index (Phi) is 6.19. The summed E-state index contributed by atoms with van der Waals surface area (Å²) in [5.41, 5.74) is 5.86. The van der Waals surface area contributed by atoms with Gasteiger partial charge in [-0.25, -0.2) is 4.98 Å². The average molecular weight is 422 g/mol. The second kappa shape index (κ2) is 9.36. The summed E-state index contributed by atoms with van der Waals surface area (Å²) in [7, 11) is 1.63. The molecule has 0 atom stereocenters. The van der Waals surface area contributed by atoms with Gasteiger partial charge < -0.3 is 9.47 Å². The maximum atomic E-state index is 6.05. The number of benzene rings is 2. The van der Waals surface area contributed by atoms with Crippen LogP contribution in [0.3, 0.4) is 0 Å². The van der Waals surface area contributed by atoms with Crippen molar-refractivity contribution in [1.29, 1.82) is 0 Å². The molecule has 0 saturated heterocycles. The quantitative estimate of drug-likeness (QED) is 0.284. The van der Waals surface area contributed by atoms with Crippen LogP contribution in [0.2, 0.25) is 0 Å². The van der Waals surface area contributed by atoms with Crippen molar-refractivity contribution >= 4 is 34.0 Å². The smallest absolute Gasteiger partial charge is 0.203 e. The normalized spacial score (nSPS) is 10.9. The maximum Gasteiger partial charge on any atom is 0.203 e. The van der Waals surface area contributed by atoms with Gasteiger partial charge in [0, 0.05) is 10.9 Å². The number of aromatic nitrogens is 1. The van der Waals surface area contributed by atoms with Crippen LogP contribution in [0, 0.1) is 0 Å². The van der Waals surface area contributed by atoms with E-state index in [2.05, 4.69) is 21.6 Å². The Labute approximate surface area is 177 Å². The van der Waals surface area contributed by atoms with Crippen molar-refractivity contribution < 1.29 is 9.47 Å². The molecule has 2 heterocycles. The van der Waals surface area contributed by atoms with E-state index in [1.165, 1.54) is 11.3 Å². The van der Waals surface area contributed by atoms with Crippen LogP contribution in [0.1, 0.15) is 11.1 Å². The molecule has 2 aromatic heterocycles. The summed E-state index contributed by atoms with van der Waals surface area (Å²) in [4.78, 5) is 5.71. The molecule has 0 bridgehead atoms. The molecule has 29 heavy (non-hydrogen) atoms. The number of nitrogens with zero attached hydrogens (tertiary/aromatic N) is 2. The first-order chi connectivity index (χ1) is 14.3. The van der Waals surface area contributed by atoms with Crippen molar-refractivity contribution in [3.05, 3.63) is 82.6 Å². The minimum absolute atomic E-state index is 0.451. The first kappa shape index (κ1) is 19.2. The van der Waals surface area contributed by atoms with E-state index < -0.39 is 0 Å². The third kappa shape index (κ3) is 4.82. The molecule has 146 valence electrons. The number of hydrogen-bond donors (Lipinski definition) is 1. The van der Waals surface area contributed by atoms with Gasteiger partial charge in [0.25, 0.3) is 0 Å². The lowest BCUT2D eigenvalue weighted by atomic mass is 10.2. The molecule has 0 unspecified atom stereocenters. The molecule has 7 heteroatoms. The summed E-state index contributed by atoms with van der Waals surface area (Å²) in [5.74, 6) is 1.32. The maximum absolute atomic E-state index is 6.05. The molecule has 0 spiro atoms. The summed E-state index contributed by atoms with van der Waals surface area (Å²) in [6, 6.07) is 19.8. The highest BCUT2D eigenvalue weighted by Gasteiger charge is 2.10. The molecule has 0 saturated carbocycles. The number of thiophene rings is 1. The fourth-order valence-corrected chi connectivity index (χ4v) is 4.12. The molecular formula is C22H19N3O2S2. The van der Waals surface area contributed by atoms with Gasteiger partial charge in [0.15, 0.2) is 11.5 Å². The number of nitrogens with one attached hydrogen (secondary N) is 1. The predicted molar refractivity (Wildman–Crippen MR) is 120 cm³/mol. The van der Waals surface area contributed by atoms with Gasteiger partial charge in [-0.3, -0.25) is 5.43 Å². The van der Waals surface area contributed by atoms with Crippen LogP contribution in [0.4, 0.5) is 5.13 Å². The summed E-state index contributed by atoms with van der Waals surface area (Å²) >= 11 is 3.18. The Bertz CT molecular complexity index is 1080. The highest BCUT2D eigenvalue weighted by Crippen LogP contribution is 2.31. The molecule has 1 N–H and O–H groups in total. The first-order valence-electron chi connectivity index (χ1n) is 8.95. The van der Waals surface area contributed by atoms with E-state index in [4.69, 9.17) is 9.47 Å². The third-order valence-electron chi connectivity index (χ3n) is 4.10. The van der Waals surface area contributed by atoms with Crippen LogP contribution in [-0.2, 0) is 6.61 Å². The molecule has 0 aliphatic heterocycles. The molecule has 0 amide bonds. The minimum Gasteiger partial charge on any atom is -0.493 e. The summed E-state index contributed by atoms with van der Waals surface area (Å²) in [6.45, 7) is 0.451. The average Bonchev–Trinajstić information content (AvgIpc) is 3.45. The lowest BCUT2D eigenvalue weighted by molar-refractivity contribution is 0.284. The topological polar surface area (TPSA) is 55.7 Å². The molecule has 0 aliphatic rings. The number of methoxy groups -OCH3 is 1. The number of ether oxygens (including phenoxy) is 2. The Balaban J connectivity index is 1.47. The van der Waals surface area contributed by atoms with Gasteiger partial charge in [-0.05, 0) is 29.1 Å². The molecule has 0 aliphatic carbocycles. The fraction of sp³-hybridized carbons (Fsp3) is 0.0909. The Hall–Kier alpha value is -3.16. The van der Waals surface area contributed by atoms with E-state index in [1.807, 2.05) is 65.4 Å². The molecule has 0 radical (unpaired) electrons. The molecular weight excluding hydrogens is 402 g/mol. The summed E-state index contributed by atoms with van der Waals surface area (Å²) in [6.07, 6.45) is 1.72. The fourth-order valence-electron chi connectivity index (χ4n) is 2.70. The Morgan fingerprint density at radius 2 is 1.93 bits per heavy atom. The monoisotopic (exact) mass is 421 g/mol. The van der Waals surface area contributed by atoms with Gasteiger partial charge in [-0.1, -0.05) is 42.5 Å². The number of thiazole rings is 1. The van der Waals surface area contributed by atoms with Crippen molar-refractivity contribution in [2.24, 2.45) is 5.10 Å². The third-order valence-corrected chi connectivity index (χ3v) is 5.74. The second-order valence-corrected chi connectivity index (χ2v) is 7.84. The largest absolute Gasteiger partial charge is 0.493 e. The molecule has 0 fully saturated rings. The minimum atomic E-state index is 0.451. The van der Waals surface area contributed by atoms with Crippen LogP contribution >= 0.6 is 22.7 Å². The van der Waals surface area contributed by atoms with E-state index in [0.29, 0.717) is 18.1 Å². The molecule has 2 aromatic carbocycles. The van der Waals surface area contributed by atoms with Gasteiger partial charge in [0.2, 0.25) is 5.13 Å². The zero-order valence-electron chi connectivity index (χ0n) is 15.7. The Morgan fingerprint density at radius 3 is 2.72 bits per heavy atom. The number of hydrazone groups is 1. The van der Waals surface area contributed by atoms with Gasteiger partial charge in [0.05, 0.1) is 23.9 Å². The van der Waals surface area contributed by atoms with Crippen molar-refractivity contribution in [2.45, 2.75) is 6.61 Å². The van der Waals surface area contributed by atoms with Crippen molar-refractivity contribution in [3.63, 3.8) is 0 Å². The summed E-state index contributed by atoms with van der Waals surface area (Å²) in [5, 5.41) is 9.13. The second-order valence-electron chi connectivity index (χ2n) is 6.04. The van der Waals surface area contributed by atoms with E-state index >= 15 is 0 Å². The van der Waals surface area contributed by atoms with E-state index in [9.17, 15) is 0 Å². The van der Waals surface area contributed by atoms with E-state index in [-0.39, 0.29) is 0 Å². The van der Waals surface area contributed by atoms with Crippen LogP contribution in [0.25, 0.3) is 10.6 Å². The van der Waals surface area contributed by atoms with Crippen LogP contribution < -0.4 is 14.9 Å². The van der Waals surface area contributed by atoms with Crippen molar-refractivity contribution in [2.75, 3.05) is 12.5 Å². The van der Waals surface area contributed by atoms with Crippen LogP contribution in [0.15, 0.2) is 76.5 Å². The number of hydrogen-bond acceptors (Lipinski definition) is 7. The number of anilines is 1. The number of rotatable bonds is 8. The Morgan fingerprint density at radius 1 is 1.03 bits per heavy atom. The molecule has 5 nitrogen and oxygen atoms in total. The number of para-hydroxylation sites is 1. The first-order valence-corrected chi connectivity index (χ1v) is 10.7. The zero-order valence-corrected chi connectivity index (χ0v) is 17.4. The van der Waals surface area contributed by atoms with Gasteiger partial charge in [-0.2, -0.15) is 5.10 Å². The molecule has 4 rings (SSSR count). The van der Waals surface area contributed by atoms with E-state index in [1.54, 1.807) is 24.7 Å². The van der Waals surface area contributed by atoms with Crippen LogP contribution in [-0.4, -0.2) is 18.3 Å². The van der Waals surface area contributed by atoms with Gasteiger partial charge in [0.1, 0.15) is 6.61 Å². The zero-order chi connectivity index (χ0) is 19.9. The van der Waals surface area contributed by atoms with E-state index in [0.717, 1.165) is 26.8 Å². The van der Waals surface area contributed by atoms with Gasteiger partial charge in [-0.15, -0.1) is 22.7 Å². The van der Waals surface area contributed by atoms with Crippen molar-refractivity contribution in [1.82, 2.24) is 4.98 Å². The van der Waals surface area contributed by atoms with Crippen molar-refractivity contribution in [3.8, 4) is 22.1 Å². The summed E-state index contributed by atoms with van der Waals surface area (Å²) < 4.78 is 11.5. The highest BCUT2D eigenvalue weighted by atomic mass is 32.1. The predicted octanol–water partition coefficient (Wildman–Crippen LogP) is 5.91. The SMILES string of the molecule is COc1cccc(/C=N\Nc2nc(-c3cccs3)cs2)c1OCc1ccccc1. The molecule has 4 aromatic rings. The highest BCUT2D eigenvalue weighted by molar-refractivity contribution is 7.15. The lowest BCUT2D eigenvalue weighted by Gasteiger charge is -2.13. The lowest BCUT2D eigenvalue weighted by Crippen LogP contribution is -2.01. The van der Waals surface area contributed by atoms with Crippen LogP contribution in [0.5, 0.6) is 11.5 Å².